The van der Waals surface area contributed by atoms with Crippen molar-refractivity contribution < 1.29 is 14.3 Å². The SMILES string of the molecule is Cc1ccc(NC(=O)C(=O)NN=Cc2cccc(OCc3cccc4ccccc34)c2)c(C)c1. The Morgan fingerprint density at radius 1 is 0.882 bits per heavy atom. The quantitative estimate of drug-likeness (QED) is 0.242. The predicted molar refractivity (Wildman–Crippen MR) is 135 cm³/mol. The van der Waals surface area contributed by atoms with Crippen LogP contribution in [0.4, 0.5) is 5.69 Å². The summed E-state index contributed by atoms with van der Waals surface area (Å²) in [5.41, 5.74) is 6.63. The maximum Gasteiger partial charge on any atom is 0.329 e. The molecule has 34 heavy (non-hydrogen) atoms. The van der Waals surface area contributed by atoms with E-state index in [1.54, 1.807) is 6.07 Å². The third kappa shape index (κ3) is 5.66. The minimum atomic E-state index is -0.848. The van der Waals surface area contributed by atoms with Gasteiger partial charge in [0.1, 0.15) is 12.4 Å². The normalized spacial score (nSPS) is 10.9. The molecule has 0 unspecified atom stereocenters. The number of fused-ring (bicyclic) bond motifs is 1. The largest absolute Gasteiger partial charge is 0.489 e. The second-order valence-electron chi connectivity index (χ2n) is 7.97. The molecule has 0 saturated carbocycles. The summed E-state index contributed by atoms with van der Waals surface area (Å²) in [5.74, 6) is -0.952. The number of ether oxygens (including phenoxy) is 1. The van der Waals surface area contributed by atoms with Crippen molar-refractivity contribution >= 4 is 34.5 Å². The van der Waals surface area contributed by atoms with Gasteiger partial charge in [-0.1, -0.05) is 72.3 Å². The van der Waals surface area contributed by atoms with Crippen LogP contribution in [0.15, 0.2) is 90.0 Å². The molecule has 0 aliphatic carbocycles. The highest BCUT2D eigenvalue weighted by atomic mass is 16.5. The van der Waals surface area contributed by atoms with E-state index < -0.39 is 11.8 Å². The molecule has 6 nitrogen and oxygen atoms in total. The van der Waals surface area contributed by atoms with E-state index >= 15 is 0 Å². The van der Waals surface area contributed by atoms with Crippen molar-refractivity contribution in [3.63, 3.8) is 0 Å². The second kappa shape index (κ2) is 10.4. The minimum absolute atomic E-state index is 0.428. The first-order valence-electron chi connectivity index (χ1n) is 10.9. The first kappa shape index (κ1) is 22.7. The van der Waals surface area contributed by atoms with E-state index in [1.807, 2.05) is 74.5 Å². The molecule has 0 bridgehead atoms. The van der Waals surface area contributed by atoms with Crippen LogP contribution in [0.3, 0.4) is 0 Å². The zero-order valence-corrected chi connectivity index (χ0v) is 19.0. The van der Waals surface area contributed by atoms with Gasteiger partial charge in [0.05, 0.1) is 6.21 Å². The molecule has 170 valence electrons. The Balaban J connectivity index is 1.34. The summed E-state index contributed by atoms with van der Waals surface area (Å²) in [6, 6.07) is 27.2. The van der Waals surface area contributed by atoms with Gasteiger partial charge >= 0.3 is 11.8 Å². The number of hydrazone groups is 1. The zero-order chi connectivity index (χ0) is 23.9. The van der Waals surface area contributed by atoms with Gasteiger partial charge in [-0.05, 0) is 59.5 Å². The van der Waals surface area contributed by atoms with E-state index in [1.165, 1.54) is 11.6 Å². The van der Waals surface area contributed by atoms with Gasteiger partial charge in [-0.25, -0.2) is 5.43 Å². The molecule has 0 radical (unpaired) electrons. The van der Waals surface area contributed by atoms with Crippen molar-refractivity contribution in [1.82, 2.24) is 5.43 Å². The number of rotatable bonds is 6. The summed E-state index contributed by atoms with van der Waals surface area (Å²) in [5, 5.41) is 8.82. The van der Waals surface area contributed by atoms with E-state index in [2.05, 4.69) is 34.0 Å². The number of hydrogen-bond acceptors (Lipinski definition) is 4. The lowest BCUT2D eigenvalue weighted by Crippen LogP contribution is -2.32. The van der Waals surface area contributed by atoms with Gasteiger partial charge in [-0.3, -0.25) is 9.59 Å². The molecule has 6 heteroatoms. The summed E-state index contributed by atoms with van der Waals surface area (Å²) in [7, 11) is 0. The van der Waals surface area contributed by atoms with Crippen LogP contribution in [0, 0.1) is 13.8 Å². The third-order valence-electron chi connectivity index (χ3n) is 5.35. The molecule has 4 rings (SSSR count). The van der Waals surface area contributed by atoms with Crippen LogP contribution in [0.1, 0.15) is 22.3 Å². The maximum absolute atomic E-state index is 12.1. The van der Waals surface area contributed by atoms with Crippen LogP contribution >= 0.6 is 0 Å². The monoisotopic (exact) mass is 451 g/mol. The van der Waals surface area contributed by atoms with Gasteiger partial charge in [0.2, 0.25) is 0 Å². The van der Waals surface area contributed by atoms with Crippen LogP contribution in [0.25, 0.3) is 10.8 Å². The standard InChI is InChI=1S/C28H25N3O3/c1-19-13-14-26(20(2)15-19)30-27(32)28(33)31-29-17-21-7-5-11-24(16-21)34-18-23-10-6-9-22-8-3-4-12-25(22)23/h3-17H,18H2,1-2H3,(H,30,32)(H,31,33). The number of benzene rings is 4. The topological polar surface area (TPSA) is 79.8 Å². The van der Waals surface area contributed by atoms with Gasteiger partial charge in [0.15, 0.2) is 0 Å². The summed E-state index contributed by atoms with van der Waals surface area (Å²) in [6.45, 7) is 4.26. The first-order chi connectivity index (χ1) is 16.5. The number of hydrogen-bond donors (Lipinski definition) is 2. The number of aryl methyl sites for hydroxylation is 2. The molecule has 0 aliphatic heterocycles. The molecule has 0 aliphatic rings. The van der Waals surface area contributed by atoms with Crippen LogP contribution in [0.2, 0.25) is 0 Å². The Hall–Kier alpha value is -4.45. The zero-order valence-electron chi connectivity index (χ0n) is 19.0. The molecule has 0 atom stereocenters. The number of amides is 2. The Kier molecular flexibility index (Phi) is 6.98. The molecule has 2 N–H and O–H groups in total. The number of anilines is 1. The fraction of sp³-hybridized carbons (Fsp3) is 0.107. The van der Waals surface area contributed by atoms with Crippen LogP contribution in [-0.2, 0) is 16.2 Å². The number of carbonyl (C=O) groups is 2. The second-order valence-corrected chi connectivity index (χ2v) is 7.97. The highest BCUT2D eigenvalue weighted by Crippen LogP contribution is 2.21. The fourth-order valence-electron chi connectivity index (χ4n) is 3.61. The Morgan fingerprint density at radius 3 is 2.53 bits per heavy atom. The summed E-state index contributed by atoms with van der Waals surface area (Å²) in [6.07, 6.45) is 1.47. The van der Waals surface area contributed by atoms with Crippen molar-refractivity contribution in [2.24, 2.45) is 5.10 Å². The predicted octanol–water partition coefficient (Wildman–Crippen LogP) is 5.12. The van der Waals surface area contributed by atoms with Gasteiger partial charge in [-0.15, -0.1) is 0 Å². The van der Waals surface area contributed by atoms with E-state index in [0.29, 0.717) is 18.0 Å². The Morgan fingerprint density at radius 2 is 1.68 bits per heavy atom. The summed E-state index contributed by atoms with van der Waals surface area (Å²) < 4.78 is 5.98. The molecule has 2 amide bonds. The van der Waals surface area contributed by atoms with E-state index in [0.717, 1.165) is 27.6 Å². The third-order valence-corrected chi connectivity index (χ3v) is 5.35. The number of carbonyl (C=O) groups excluding carboxylic acids is 2. The smallest absolute Gasteiger partial charge is 0.329 e. The lowest BCUT2D eigenvalue weighted by Gasteiger charge is -2.09. The average Bonchev–Trinajstić information content (AvgIpc) is 2.84. The average molecular weight is 452 g/mol. The number of nitrogens with zero attached hydrogens (tertiary/aromatic N) is 1. The summed E-state index contributed by atoms with van der Waals surface area (Å²) >= 11 is 0. The van der Waals surface area contributed by atoms with E-state index in [-0.39, 0.29) is 0 Å². The van der Waals surface area contributed by atoms with Crippen LogP contribution in [-0.4, -0.2) is 18.0 Å². The van der Waals surface area contributed by atoms with Crippen molar-refractivity contribution in [1.29, 1.82) is 0 Å². The lowest BCUT2D eigenvalue weighted by molar-refractivity contribution is -0.136. The minimum Gasteiger partial charge on any atom is -0.489 e. The molecular formula is C28H25N3O3. The van der Waals surface area contributed by atoms with Crippen molar-refractivity contribution in [2.75, 3.05) is 5.32 Å². The van der Waals surface area contributed by atoms with Gasteiger partial charge in [-0.2, -0.15) is 5.10 Å². The lowest BCUT2D eigenvalue weighted by atomic mass is 10.1. The maximum atomic E-state index is 12.1. The van der Waals surface area contributed by atoms with Crippen LogP contribution in [0.5, 0.6) is 5.75 Å². The van der Waals surface area contributed by atoms with Crippen molar-refractivity contribution in [3.05, 3.63) is 107 Å². The Bertz CT molecular complexity index is 1370. The highest BCUT2D eigenvalue weighted by molar-refractivity contribution is 6.39. The summed E-state index contributed by atoms with van der Waals surface area (Å²) in [4.78, 5) is 24.2. The molecule has 0 aromatic heterocycles. The Labute approximate surface area is 198 Å². The van der Waals surface area contributed by atoms with Crippen molar-refractivity contribution in [3.8, 4) is 5.75 Å². The fourth-order valence-corrected chi connectivity index (χ4v) is 3.61. The molecule has 4 aromatic carbocycles. The molecule has 0 heterocycles. The molecular weight excluding hydrogens is 426 g/mol. The molecule has 0 saturated heterocycles. The van der Waals surface area contributed by atoms with Crippen LogP contribution < -0.4 is 15.5 Å². The highest BCUT2D eigenvalue weighted by Gasteiger charge is 2.14. The van der Waals surface area contributed by atoms with Gasteiger partial charge in [0, 0.05) is 5.69 Å². The molecule has 4 aromatic rings. The van der Waals surface area contributed by atoms with E-state index in [9.17, 15) is 9.59 Å². The van der Waals surface area contributed by atoms with Gasteiger partial charge in [0.25, 0.3) is 0 Å². The van der Waals surface area contributed by atoms with E-state index in [4.69, 9.17) is 4.74 Å². The number of nitrogens with one attached hydrogen (secondary N) is 2. The van der Waals surface area contributed by atoms with Gasteiger partial charge < -0.3 is 10.1 Å². The molecule has 0 fully saturated rings. The molecule has 0 spiro atoms. The first-order valence-corrected chi connectivity index (χ1v) is 10.9. The van der Waals surface area contributed by atoms with Crippen molar-refractivity contribution in [2.45, 2.75) is 20.5 Å².